The number of thioether (sulfide) groups is 1. The van der Waals surface area contributed by atoms with Gasteiger partial charge < -0.3 is 28.5 Å². The van der Waals surface area contributed by atoms with E-state index in [-0.39, 0.29) is 25.2 Å². The van der Waals surface area contributed by atoms with Crippen LogP contribution >= 0.6 is 11.8 Å². The van der Waals surface area contributed by atoms with Gasteiger partial charge in [0.1, 0.15) is 17.3 Å². The Morgan fingerprint density at radius 2 is 1.55 bits per heavy atom. The van der Waals surface area contributed by atoms with Crippen LogP contribution in [-0.4, -0.2) is 60.7 Å². The SMILES string of the molecule is COC(=O)C1O[C@@H](Sc2ccc(C)cc2)C(OC(C)=O)[C@H](OCc2ccccc2)[C@@H]1OC(=O)CCC(C)=O. The van der Waals surface area contributed by atoms with Crippen LogP contribution in [-0.2, 0) is 49.5 Å². The van der Waals surface area contributed by atoms with Gasteiger partial charge in [0.2, 0.25) is 0 Å². The molecule has 2 aromatic carbocycles. The topological polar surface area (TPSA) is 114 Å². The van der Waals surface area contributed by atoms with Gasteiger partial charge in [-0.2, -0.15) is 0 Å². The van der Waals surface area contributed by atoms with Gasteiger partial charge in [0.15, 0.2) is 18.3 Å². The molecular weight excluding hydrogens is 512 g/mol. The summed E-state index contributed by atoms with van der Waals surface area (Å²) in [6.45, 7) is 4.66. The minimum Gasteiger partial charge on any atom is -0.467 e. The lowest BCUT2D eigenvalue weighted by Crippen LogP contribution is -2.62. The zero-order valence-electron chi connectivity index (χ0n) is 21.8. The summed E-state index contributed by atoms with van der Waals surface area (Å²) in [4.78, 5) is 49.9. The molecule has 9 nitrogen and oxygen atoms in total. The molecule has 0 radical (unpaired) electrons. The van der Waals surface area contributed by atoms with Crippen molar-refractivity contribution in [3.8, 4) is 0 Å². The van der Waals surface area contributed by atoms with E-state index >= 15 is 0 Å². The van der Waals surface area contributed by atoms with Crippen LogP contribution in [0.3, 0.4) is 0 Å². The zero-order valence-corrected chi connectivity index (χ0v) is 22.6. The number of aryl methyl sites for hydroxylation is 1. The number of ether oxygens (including phenoxy) is 5. The number of carbonyl (C=O) groups is 4. The molecule has 1 saturated heterocycles. The summed E-state index contributed by atoms with van der Waals surface area (Å²) in [6, 6.07) is 16.9. The monoisotopic (exact) mass is 544 g/mol. The fourth-order valence-electron chi connectivity index (χ4n) is 3.85. The molecule has 3 rings (SSSR count). The first-order chi connectivity index (χ1) is 18.2. The maximum absolute atomic E-state index is 12.9. The second-order valence-corrected chi connectivity index (χ2v) is 10.0. The van der Waals surface area contributed by atoms with Gasteiger partial charge in [0.05, 0.1) is 20.1 Å². The number of rotatable bonds is 11. The maximum Gasteiger partial charge on any atom is 0.339 e. The third kappa shape index (κ3) is 8.41. The Morgan fingerprint density at radius 1 is 0.868 bits per heavy atom. The maximum atomic E-state index is 12.9. The molecule has 2 unspecified atom stereocenters. The number of methoxy groups -OCH3 is 1. The van der Waals surface area contributed by atoms with Gasteiger partial charge in [-0.3, -0.25) is 9.59 Å². The lowest BCUT2D eigenvalue weighted by molar-refractivity contribution is -0.239. The Balaban J connectivity index is 1.98. The summed E-state index contributed by atoms with van der Waals surface area (Å²) in [5.41, 5.74) is 0.989. The minimum atomic E-state index is -1.36. The molecule has 1 aliphatic rings. The summed E-state index contributed by atoms with van der Waals surface area (Å²) in [5.74, 6) is -2.28. The van der Waals surface area contributed by atoms with E-state index in [4.69, 9.17) is 23.7 Å². The number of hydrogen-bond donors (Lipinski definition) is 0. The Hall–Kier alpha value is -3.21. The molecule has 1 fully saturated rings. The van der Waals surface area contributed by atoms with Crippen molar-refractivity contribution in [2.24, 2.45) is 0 Å². The third-order valence-electron chi connectivity index (χ3n) is 5.74. The standard InChI is InChI=1S/C28H32O9S/c1-17-10-13-21(14-11-17)38-28-26(35-19(3)30)23(34-16-20-8-6-5-7-9-20)24(25(37-28)27(32)33-4)36-22(31)15-12-18(2)29/h5-11,13-14,23-26,28H,12,15-16H2,1-4H3/t23-,24+,25?,26?,28+/m1/s1. The first kappa shape index (κ1) is 29.3. The average molecular weight is 545 g/mol. The van der Waals surface area contributed by atoms with Crippen LogP contribution in [0.2, 0.25) is 0 Å². The van der Waals surface area contributed by atoms with Crippen molar-refractivity contribution in [1.82, 2.24) is 0 Å². The zero-order chi connectivity index (χ0) is 27.7. The molecule has 204 valence electrons. The van der Waals surface area contributed by atoms with Gasteiger partial charge in [0.25, 0.3) is 0 Å². The lowest BCUT2D eigenvalue weighted by Gasteiger charge is -2.44. The fourth-order valence-corrected chi connectivity index (χ4v) is 4.93. The van der Waals surface area contributed by atoms with Crippen LogP contribution in [0.25, 0.3) is 0 Å². The molecule has 1 aliphatic heterocycles. The van der Waals surface area contributed by atoms with E-state index in [0.717, 1.165) is 16.0 Å². The summed E-state index contributed by atoms with van der Waals surface area (Å²) in [6.07, 6.45) is -5.01. The van der Waals surface area contributed by atoms with E-state index in [9.17, 15) is 19.2 Å². The second-order valence-electron chi connectivity index (χ2n) is 8.87. The van der Waals surface area contributed by atoms with Gasteiger partial charge in [-0.25, -0.2) is 4.79 Å². The van der Waals surface area contributed by atoms with Gasteiger partial charge in [-0.05, 0) is 31.5 Å². The van der Waals surface area contributed by atoms with Crippen molar-refractivity contribution in [1.29, 1.82) is 0 Å². The van der Waals surface area contributed by atoms with Crippen molar-refractivity contribution in [3.63, 3.8) is 0 Å². The molecule has 10 heteroatoms. The van der Waals surface area contributed by atoms with Crippen LogP contribution in [0.5, 0.6) is 0 Å². The van der Waals surface area contributed by atoms with E-state index < -0.39 is 47.8 Å². The highest BCUT2D eigenvalue weighted by atomic mass is 32.2. The number of ketones is 1. The highest BCUT2D eigenvalue weighted by Gasteiger charge is 2.54. The Kier molecular flexibility index (Phi) is 10.9. The van der Waals surface area contributed by atoms with Crippen LogP contribution in [0.1, 0.15) is 37.8 Å². The van der Waals surface area contributed by atoms with Gasteiger partial charge >= 0.3 is 17.9 Å². The molecule has 0 bridgehead atoms. The number of benzene rings is 2. The third-order valence-corrected chi connectivity index (χ3v) is 6.89. The smallest absolute Gasteiger partial charge is 0.339 e. The first-order valence-electron chi connectivity index (χ1n) is 12.2. The molecule has 38 heavy (non-hydrogen) atoms. The molecule has 0 aliphatic carbocycles. The molecule has 0 aromatic heterocycles. The Morgan fingerprint density at radius 3 is 2.16 bits per heavy atom. The van der Waals surface area contributed by atoms with E-state index in [1.54, 1.807) is 0 Å². The highest BCUT2D eigenvalue weighted by Crippen LogP contribution is 2.38. The predicted molar refractivity (Wildman–Crippen MR) is 138 cm³/mol. The number of carbonyl (C=O) groups excluding carboxylic acids is 4. The van der Waals surface area contributed by atoms with Gasteiger partial charge in [-0.15, -0.1) is 0 Å². The molecular formula is C28H32O9S. The average Bonchev–Trinajstić information content (AvgIpc) is 2.89. The van der Waals surface area contributed by atoms with Gasteiger partial charge in [0, 0.05) is 18.2 Å². The van der Waals surface area contributed by atoms with E-state index in [1.165, 1.54) is 32.7 Å². The molecule has 0 saturated carbocycles. The first-order valence-corrected chi connectivity index (χ1v) is 13.0. The molecule has 5 atom stereocenters. The summed E-state index contributed by atoms with van der Waals surface area (Å²) in [5, 5.41) is 0. The predicted octanol–water partition coefficient (Wildman–Crippen LogP) is 3.78. The lowest BCUT2D eigenvalue weighted by atomic mass is 9.98. The molecule has 0 amide bonds. The van der Waals surface area contributed by atoms with Crippen molar-refractivity contribution in [2.75, 3.05) is 7.11 Å². The van der Waals surface area contributed by atoms with E-state index in [0.29, 0.717) is 0 Å². The van der Waals surface area contributed by atoms with Crippen LogP contribution < -0.4 is 0 Å². The number of hydrogen-bond acceptors (Lipinski definition) is 10. The summed E-state index contributed by atoms with van der Waals surface area (Å²) < 4.78 is 28.6. The quantitative estimate of drug-likeness (QED) is 0.306. The second kappa shape index (κ2) is 14.1. The minimum absolute atomic E-state index is 0.0237. The Bertz CT molecular complexity index is 1100. The largest absolute Gasteiger partial charge is 0.467 e. The van der Waals surface area contributed by atoms with Crippen molar-refractivity contribution >= 4 is 35.5 Å². The molecule has 2 aromatic rings. The highest BCUT2D eigenvalue weighted by molar-refractivity contribution is 7.99. The Labute approximate surface area is 226 Å². The fraction of sp³-hybridized carbons (Fsp3) is 0.429. The summed E-state index contributed by atoms with van der Waals surface area (Å²) >= 11 is 1.24. The van der Waals surface area contributed by atoms with Gasteiger partial charge in [-0.1, -0.05) is 59.8 Å². The number of esters is 3. The van der Waals surface area contributed by atoms with Crippen molar-refractivity contribution in [2.45, 2.75) is 75.0 Å². The normalized spacial score (nSPS) is 22.8. The van der Waals surface area contributed by atoms with Crippen molar-refractivity contribution < 1.29 is 42.9 Å². The summed E-state index contributed by atoms with van der Waals surface area (Å²) in [7, 11) is 1.19. The van der Waals surface area contributed by atoms with Crippen LogP contribution in [0, 0.1) is 6.92 Å². The van der Waals surface area contributed by atoms with Crippen LogP contribution in [0.4, 0.5) is 0 Å². The van der Waals surface area contributed by atoms with Crippen molar-refractivity contribution in [3.05, 3.63) is 65.7 Å². The molecule has 1 heterocycles. The molecule has 0 N–H and O–H groups in total. The van der Waals surface area contributed by atoms with E-state index in [1.807, 2.05) is 61.5 Å². The van der Waals surface area contributed by atoms with Crippen LogP contribution in [0.15, 0.2) is 59.5 Å². The van der Waals surface area contributed by atoms with E-state index in [2.05, 4.69) is 0 Å². The molecule has 0 spiro atoms. The number of Topliss-reactive ketones (excluding diaryl/α,β-unsaturated/α-hetero) is 1.